The molecule has 0 saturated heterocycles. The third kappa shape index (κ3) is 7.32. The van der Waals surface area contributed by atoms with E-state index in [1.807, 2.05) is 53.7 Å². The molecule has 2 N–H and O–H groups in total. The van der Waals surface area contributed by atoms with E-state index in [1.54, 1.807) is 6.07 Å². The molecule has 0 spiro atoms. The van der Waals surface area contributed by atoms with Crippen LogP contribution in [-0.2, 0) is 17.8 Å². The van der Waals surface area contributed by atoms with Gasteiger partial charge in [-0.3, -0.25) is 0 Å². The molecular formula is C19H33NO3S. The molecule has 24 heavy (non-hydrogen) atoms. The van der Waals surface area contributed by atoms with Crippen molar-refractivity contribution in [3.8, 4) is 11.5 Å². The molecule has 0 saturated carbocycles. The second-order valence-corrected chi connectivity index (χ2v) is 10.8. The molecule has 0 heterocycles. The van der Waals surface area contributed by atoms with E-state index in [0.717, 1.165) is 18.4 Å². The molecule has 0 radical (unpaired) electrons. The quantitative estimate of drug-likeness (QED) is 0.745. The van der Waals surface area contributed by atoms with Gasteiger partial charge in [0.25, 0.3) is 0 Å². The summed E-state index contributed by atoms with van der Waals surface area (Å²) in [5, 5.41) is 9.96. The lowest BCUT2D eigenvalue weighted by atomic mass is 9.96. The summed E-state index contributed by atoms with van der Waals surface area (Å²) in [5.41, 5.74) is 0.477. The van der Waals surface area contributed by atoms with Gasteiger partial charge in [-0.2, -0.15) is 0 Å². The number of ether oxygens (including phenoxy) is 1. The Morgan fingerprint density at radius 3 is 2.17 bits per heavy atom. The number of rotatable bonds is 6. The van der Waals surface area contributed by atoms with Crippen LogP contribution < -0.4 is 9.46 Å². The molecule has 1 aromatic rings. The SMILES string of the molecule is CC(C)(CCc1ccc(O)c(OC(C)(C)C)c1)N[S@+]([O-])C(C)(C)C. The van der Waals surface area contributed by atoms with Gasteiger partial charge in [-0.15, -0.1) is 4.72 Å². The molecule has 0 bridgehead atoms. The number of aromatic hydroxyl groups is 1. The van der Waals surface area contributed by atoms with Gasteiger partial charge in [0.2, 0.25) is 0 Å². The van der Waals surface area contributed by atoms with Gasteiger partial charge in [-0.05, 0) is 85.9 Å². The predicted molar refractivity (Wildman–Crippen MR) is 102 cm³/mol. The number of nitrogens with one attached hydrogen (secondary N) is 1. The van der Waals surface area contributed by atoms with E-state index in [0.29, 0.717) is 5.75 Å². The third-order valence-electron chi connectivity index (χ3n) is 3.40. The van der Waals surface area contributed by atoms with Crippen LogP contribution in [0.4, 0.5) is 0 Å². The lowest BCUT2D eigenvalue weighted by Crippen LogP contribution is -2.50. The van der Waals surface area contributed by atoms with Crippen molar-refractivity contribution in [3.05, 3.63) is 23.8 Å². The minimum atomic E-state index is -1.10. The number of phenols is 1. The fraction of sp³-hybridized carbons (Fsp3) is 0.684. The minimum Gasteiger partial charge on any atom is -0.598 e. The van der Waals surface area contributed by atoms with E-state index >= 15 is 0 Å². The van der Waals surface area contributed by atoms with Crippen molar-refractivity contribution in [1.29, 1.82) is 0 Å². The van der Waals surface area contributed by atoms with E-state index < -0.39 is 11.4 Å². The Balaban J connectivity index is 2.75. The van der Waals surface area contributed by atoms with Crippen molar-refractivity contribution in [2.24, 2.45) is 0 Å². The van der Waals surface area contributed by atoms with Gasteiger partial charge in [-0.1, -0.05) is 6.07 Å². The number of benzene rings is 1. The first kappa shape index (κ1) is 21.1. The zero-order valence-electron chi connectivity index (χ0n) is 16.3. The molecule has 5 heteroatoms. The van der Waals surface area contributed by atoms with Crippen LogP contribution in [0.15, 0.2) is 18.2 Å². The van der Waals surface area contributed by atoms with Crippen molar-refractivity contribution in [1.82, 2.24) is 4.72 Å². The van der Waals surface area contributed by atoms with Gasteiger partial charge in [0.15, 0.2) is 11.5 Å². The van der Waals surface area contributed by atoms with Crippen LogP contribution in [0.25, 0.3) is 0 Å². The van der Waals surface area contributed by atoms with Crippen LogP contribution in [0.5, 0.6) is 11.5 Å². The monoisotopic (exact) mass is 355 g/mol. The van der Waals surface area contributed by atoms with Crippen LogP contribution >= 0.6 is 0 Å². The van der Waals surface area contributed by atoms with Crippen molar-refractivity contribution in [2.75, 3.05) is 0 Å². The van der Waals surface area contributed by atoms with Crippen LogP contribution in [-0.4, -0.2) is 25.5 Å². The van der Waals surface area contributed by atoms with Crippen LogP contribution in [0.3, 0.4) is 0 Å². The highest BCUT2D eigenvalue weighted by atomic mass is 32.2. The topological polar surface area (TPSA) is 64.5 Å². The molecule has 0 aromatic heterocycles. The maximum atomic E-state index is 12.3. The van der Waals surface area contributed by atoms with Gasteiger partial charge >= 0.3 is 0 Å². The molecule has 0 fully saturated rings. The highest BCUT2D eigenvalue weighted by Crippen LogP contribution is 2.31. The fourth-order valence-electron chi connectivity index (χ4n) is 2.04. The molecular weight excluding hydrogens is 322 g/mol. The molecule has 1 atom stereocenters. The molecule has 0 aliphatic heterocycles. The molecule has 1 rings (SSSR count). The number of hydrogen-bond acceptors (Lipinski definition) is 4. The molecule has 138 valence electrons. The van der Waals surface area contributed by atoms with E-state index in [1.165, 1.54) is 0 Å². The number of hydrogen-bond donors (Lipinski definition) is 2. The van der Waals surface area contributed by atoms with Crippen molar-refractivity contribution in [2.45, 2.75) is 84.1 Å². The van der Waals surface area contributed by atoms with Gasteiger partial charge < -0.3 is 14.4 Å². The summed E-state index contributed by atoms with van der Waals surface area (Å²) in [5.74, 6) is 0.656. The largest absolute Gasteiger partial charge is 0.598 e. The maximum Gasteiger partial charge on any atom is 0.161 e. The lowest BCUT2D eigenvalue weighted by molar-refractivity contribution is 0.125. The zero-order valence-corrected chi connectivity index (χ0v) is 17.1. The Morgan fingerprint density at radius 1 is 1.08 bits per heavy atom. The molecule has 0 aliphatic carbocycles. The average Bonchev–Trinajstić information content (AvgIpc) is 2.36. The van der Waals surface area contributed by atoms with Gasteiger partial charge in [0, 0.05) is 11.4 Å². The van der Waals surface area contributed by atoms with E-state index in [2.05, 4.69) is 18.6 Å². The summed E-state index contributed by atoms with van der Waals surface area (Å²) in [6.45, 7) is 15.9. The molecule has 4 nitrogen and oxygen atoms in total. The van der Waals surface area contributed by atoms with E-state index in [4.69, 9.17) is 4.74 Å². The summed E-state index contributed by atoms with van der Waals surface area (Å²) in [6.07, 6.45) is 1.64. The van der Waals surface area contributed by atoms with Crippen molar-refractivity contribution >= 4 is 11.4 Å². The Kier molecular flexibility index (Phi) is 6.64. The van der Waals surface area contributed by atoms with E-state index in [-0.39, 0.29) is 21.6 Å². The normalized spacial score (nSPS) is 14.5. The van der Waals surface area contributed by atoms with Crippen molar-refractivity contribution < 1.29 is 14.4 Å². The Bertz CT molecular complexity index is 545. The summed E-state index contributed by atoms with van der Waals surface area (Å²) in [7, 11) is 0. The Labute approximate surface area is 150 Å². The van der Waals surface area contributed by atoms with Crippen LogP contribution in [0.1, 0.15) is 67.4 Å². The summed E-state index contributed by atoms with van der Waals surface area (Å²) in [6, 6.07) is 5.46. The summed E-state index contributed by atoms with van der Waals surface area (Å²) >= 11 is -1.10. The van der Waals surface area contributed by atoms with Crippen LogP contribution in [0, 0.1) is 0 Å². The summed E-state index contributed by atoms with van der Waals surface area (Å²) in [4.78, 5) is 0. The third-order valence-corrected chi connectivity index (χ3v) is 5.25. The predicted octanol–water partition coefficient (Wildman–Crippen LogP) is 4.33. The molecule has 1 aromatic carbocycles. The maximum absolute atomic E-state index is 12.3. The number of phenolic OH excluding ortho intramolecular Hbond substituents is 1. The first-order valence-corrected chi connectivity index (χ1v) is 9.55. The Hall–Kier alpha value is -0.910. The minimum absolute atomic E-state index is 0.153. The second-order valence-electron chi connectivity index (χ2n) is 8.88. The highest BCUT2D eigenvalue weighted by molar-refractivity contribution is 7.90. The van der Waals surface area contributed by atoms with Crippen LogP contribution in [0.2, 0.25) is 0 Å². The average molecular weight is 356 g/mol. The standard InChI is InChI=1S/C19H33NO3S/c1-17(2,3)23-16-13-14(9-10-15(16)21)11-12-19(7,8)20-24(22)18(4,5)6/h9-10,13,20-21H,11-12H2,1-8H3/t24-/m1/s1. The smallest absolute Gasteiger partial charge is 0.161 e. The van der Waals surface area contributed by atoms with E-state index in [9.17, 15) is 9.66 Å². The lowest BCUT2D eigenvalue weighted by Gasteiger charge is -2.32. The molecule has 0 unspecified atom stereocenters. The van der Waals surface area contributed by atoms with Crippen molar-refractivity contribution in [3.63, 3.8) is 0 Å². The number of aryl methyl sites for hydroxylation is 1. The Morgan fingerprint density at radius 2 is 1.67 bits per heavy atom. The fourth-order valence-corrected chi connectivity index (χ4v) is 2.95. The highest BCUT2D eigenvalue weighted by Gasteiger charge is 2.32. The van der Waals surface area contributed by atoms with Gasteiger partial charge in [0.05, 0.1) is 5.54 Å². The second kappa shape index (κ2) is 7.54. The molecule has 0 aliphatic rings. The first-order chi connectivity index (χ1) is 10.7. The molecule has 0 amide bonds. The first-order valence-electron chi connectivity index (χ1n) is 8.40. The van der Waals surface area contributed by atoms with Gasteiger partial charge in [-0.25, -0.2) is 0 Å². The summed E-state index contributed by atoms with van der Waals surface area (Å²) < 4.78 is 21.0. The zero-order chi connectivity index (χ0) is 18.8. The van der Waals surface area contributed by atoms with Gasteiger partial charge in [0.1, 0.15) is 10.3 Å².